The maximum Gasteiger partial charge on any atom is 1.00 e. The molecule has 55 heavy (non-hydrogen) atoms. The summed E-state index contributed by atoms with van der Waals surface area (Å²) in [4.78, 5) is 2.47. The monoisotopic (exact) mass is 746 g/mol. The number of hydrogen-bond donors (Lipinski definition) is 0. The van der Waals surface area contributed by atoms with Gasteiger partial charge < -0.3 is 20.4 Å². The minimum atomic E-state index is 0. The molecule has 2 aliphatic carbocycles. The van der Waals surface area contributed by atoms with Gasteiger partial charge >= 0.3 is 29.6 Å². The van der Waals surface area contributed by atoms with Gasteiger partial charge in [-0.1, -0.05) is 129 Å². The Kier molecular flexibility index (Phi) is 18.7. The third-order valence-corrected chi connectivity index (χ3v) is 9.95. The van der Waals surface area contributed by atoms with Crippen molar-refractivity contribution in [2.75, 3.05) is 13.1 Å². The van der Waals surface area contributed by atoms with E-state index in [9.17, 15) is 0 Å². The molecule has 0 amide bonds. The van der Waals surface area contributed by atoms with Crippen LogP contribution in [0.5, 0.6) is 5.75 Å². The molecule has 4 aromatic carbocycles. The molecule has 1 aromatic heterocycles. The molecule has 0 N–H and O–H groups in total. The Hall–Kier alpha value is -3.69. The first-order valence-corrected chi connectivity index (χ1v) is 18.8. The van der Waals surface area contributed by atoms with Gasteiger partial charge in [-0.15, -0.1) is 0 Å². The molecule has 0 atom stereocenters. The largest absolute Gasteiger partial charge is 1.00 e. The number of aromatic nitrogens is 1. The Morgan fingerprint density at radius 3 is 1.49 bits per heavy atom. The van der Waals surface area contributed by atoms with Gasteiger partial charge in [-0.2, -0.15) is 0 Å². The van der Waals surface area contributed by atoms with Gasteiger partial charge in [0.2, 0.25) is 0 Å². The Morgan fingerprint density at radius 2 is 1.02 bits per heavy atom. The summed E-state index contributed by atoms with van der Waals surface area (Å²) in [5.74, 6) is 2.10. The van der Waals surface area contributed by atoms with Crippen molar-refractivity contribution in [2.24, 2.45) is 0 Å². The van der Waals surface area contributed by atoms with E-state index < -0.39 is 0 Å². The summed E-state index contributed by atoms with van der Waals surface area (Å²) in [5.41, 5.74) is 5.14. The molecule has 0 saturated heterocycles. The van der Waals surface area contributed by atoms with Crippen LogP contribution >= 0.6 is 0 Å². The molecule has 8 heteroatoms. The van der Waals surface area contributed by atoms with Crippen LogP contribution in [0.2, 0.25) is 0 Å². The summed E-state index contributed by atoms with van der Waals surface area (Å²) in [6, 6.07) is 45.9. The molecular weight excluding hydrogens is 690 g/mol. The third kappa shape index (κ3) is 14.4. The molecular formula is C47H56BN2NaO4+. The van der Waals surface area contributed by atoms with Crippen LogP contribution in [0.25, 0.3) is 0 Å². The zero-order valence-electron chi connectivity index (χ0n) is 32.6. The van der Waals surface area contributed by atoms with Crippen LogP contribution in [-0.4, -0.2) is 50.8 Å². The van der Waals surface area contributed by atoms with Crippen LogP contribution in [0.4, 0.5) is 0 Å². The summed E-state index contributed by atoms with van der Waals surface area (Å²) in [6.07, 6.45) is 12.6. The van der Waals surface area contributed by atoms with Crippen molar-refractivity contribution in [2.45, 2.75) is 90.2 Å². The van der Waals surface area contributed by atoms with E-state index in [1.54, 1.807) is 0 Å². The molecule has 2 fully saturated rings. The van der Waals surface area contributed by atoms with Crippen LogP contribution in [-0.2, 0) is 40.5 Å². The Labute approximate surface area is 354 Å². The molecule has 3 radical (unpaired) electrons. The normalized spacial score (nSPS) is 19.9. The molecule has 8 rings (SSSR count). The number of rotatable bonds is 14. The molecule has 3 aliphatic rings. The van der Waals surface area contributed by atoms with E-state index in [1.807, 2.05) is 42.5 Å². The van der Waals surface area contributed by atoms with E-state index in [-0.39, 0.29) is 52.9 Å². The van der Waals surface area contributed by atoms with Crippen LogP contribution < -0.4 is 38.9 Å². The molecule has 6 nitrogen and oxygen atoms in total. The average Bonchev–Trinajstić information content (AvgIpc) is 3.17. The molecule has 281 valence electrons. The summed E-state index contributed by atoms with van der Waals surface area (Å²) in [7, 11) is 0. The number of pyridine rings is 1. The van der Waals surface area contributed by atoms with Gasteiger partial charge in [0.05, 0.1) is 31.2 Å². The maximum atomic E-state index is 6.16. The maximum absolute atomic E-state index is 6.16. The van der Waals surface area contributed by atoms with Crippen LogP contribution in [0.1, 0.15) is 63.2 Å². The predicted octanol–water partition coefficient (Wildman–Crippen LogP) is 6.06. The van der Waals surface area contributed by atoms with Gasteiger partial charge in [0.25, 0.3) is 0 Å². The van der Waals surface area contributed by atoms with E-state index in [2.05, 4.69) is 119 Å². The molecule has 5 aromatic rings. The van der Waals surface area contributed by atoms with E-state index in [0.717, 1.165) is 64.0 Å². The first kappa shape index (κ1) is 44.0. The topological polar surface area (TPSA) is 44.0 Å². The fourth-order valence-electron chi connectivity index (χ4n) is 6.69. The fourth-order valence-corrected chi connectivity index (χ4v) is 6.69. The van der Waals surface area contributed by atoms with Crippen LogP contribution in [0.3, 0.4) is 0 Å². The van der Waals surface area contributed by atoms with Gasteiger partial charge in [-0.3, -0.25) is 4.90 Å². The van der Waals surface area contributed by atoms with Crippen molar-refractivity contribution >= 4 is 8.41 Å². The Morgan fingerprint density at radius 1 is 0.564 bits per heavy atom. The smallest absolute Gasteiger partial charge is 1.00 e. The number of nitrogens with zero attached hydrogens (tertiary/aromatic N) is 2. The third-order valence-electron chi connectivity index (χ3n) is 9.95. The first-order valence-electron chi connectivity index (χ1n) is 18.8. The first-order chi connectivity index (χ1) is 25.7. The number of ether oxygens (including phenoxy) is 4. The van der Waals surface area contributed by atoms with E-state index in [1.165, 1.54) is 28.0 Å². The van der Waals surface area contributed by atoms with Crippen molar-refractivity contribution in [3.8, 4) is 5.75 Å². The second-order valence-corrected chi connectivity index (χ2v) is 14.1. The quantitative estimate of drug-likeness (QED) is 0.102. The summed E-state index contributed by atoms with van der Waals surface area (Å²) in [5, 5.41) is 0. The molecule has 0 unspecified atom stereocenters. The Bertz CT molecular complexity index is 1790. The second-order valence-electron chi connectivity index (χ2n) is 14.1. The van der Waals surface area contributed by atoms with E-state index in [4.69, 9.17) is 18.9 Å². The zero-order chi connectivity index (χ0) is 35.2. The summed E-state index contributed by atoms with van der Waals surface area (Å²) in [6.45, 7) is 5.33. The van der Waals surface area contributed by atoms with Gasteiger partial charge in [-0.25, -0.2) is 4.57 Å². The van der Waals surface area contributed by atoms with Crippen LogP contribution in [0.15, 0.2) is 158 Å². The minimum absolute atomic E-state index is 0. The zero-order valence-corrected chi connectivity index (χ0v) is 33.6. The van der Waals surface area contributed by atoms with Gasteiger partial charge in [0, 0.05) is 77.8 Å². The van der Waals surface area contributed by atoms with Crippen molar-refractivity contribution in [1.29, 1.82) is 0 Å². The molecule has 2 heterocycles. The van der Waals surface area contributed by atoms with Gasteiger partial charge in [-0.05, 0) is 22.8 Å². The summed E-state index contributed by atoms with van der Waals surface area (Å²) < 4.78 is 26.3. The van der Waals surface area contributed by atoms with Gasteiger partial charge in [0.1, 0.15) is 18.0 Å². The number of hydrogen-bond acceptors (Lipinski definition) is 5. The second kappa shape index (κ2) is 23.4. The molecule has 0 spiro atoms. The predicted molar refractivity (Wildman–Crippen MR) is 218 cm³/mol. The SMILES string of the molecule is C.C1=C(OC2CC(OCc3ccccc3)C2)CCN(Cc2ccccc2)C1.[B].[H-].[Na+].c1ccc(COC2CC(Oc3cc[n+](Cc4ccccc4)cc3)C2)cc1. The standard InChI is InChI=1S/C23H27NO2.C23H24NO2.CH4.B.Na.H/c2*1-3-7-19(8-4-1)17-24-13-11-21(12-14-24)26-23-15-22(16-23)25-18-20-9-5-2-6-10-20;;;;/h1-11,22-23H,12-18H2;1-14,22-23H,15-18H2;1H4;;;/q;+1;;;+1;-1. The minimum Gasteiger partial charge on any atom is -1.00 e. The fraction of sp³-hybridized carbons (Fsp3) is 0.340. The summed E-state index contributed by atoms with van der Waals surface area (Å²) >= 11 is 0. The molecule has 2 saturated carbocycles. The van der Waals surface area contributed by atoms with Gasteiger partial charge in [0.15, 0.2) is 18.9 Å². The van der Waals surface area contributed by atoms with E-state index >= 15 is 0 Å². The van der Waals surface area contributed by atoms with Crippen molar-refractivity contribution in [3.63, 3.8) is 0 Å². The van der Waals surface area contributed by atoms with Crippen LogP contribution in [0, 0.1) is 0 Å². The van der Waals surface area contributed by atoms with Crippen molar-refractivity contribution in [3.05, 3.63) is 180 Å². The van der Waals surface area contributed by atoms with Crippen molar-refractivity contribution in [1.82, 2.24) is 4.90 Å². The molecule has 1 aliphatic heterocycles. The average molecular weight is 747 g/mol. The molecule has 0 bridgehead atoms. The number of benzene rings is 4. The van der Waals surface area contributed by atoms with Crippen molar-refractivity contribution < 1.29 is 54.5 Å². The Balaban J connectivity index is 0.000000280. The van der Waals surface area contributed by atoms with E-state index in [0.29, 0.717) is 31.5 Å².